The molecule has 0 bridgehead atoms. The monoisotopic (exact) mass is 447 g/mol. The van der Waals surface area contributed by atoms with Crippen LogP contribution < -0.4 is 10.1 Å². The van der Waals surface area contributed by atoms with Crippen molar-refractivity contribution in [3.05, 3.63) is 95.6 Å². The Hall–Kier alpha value is -3.97. The molecule has 3 aromatic rings. The summed E-state index contributed by atoms with van der Waals surface area (Å²) in [6.07, 6.45) is 2.93. The lowest BCUT2D eigenvalue weighted by Crippen LogP contribution is -2.36. The van der Waals surface area contributed by atoms with Crippen LogP contribution in [0.3, 0.4) is 0 Å². The average Bonchev–Trinajstić information content (AvgIpc) is 2.84. The molecule has 7 nitrogen and oxygen atoms in total. The number of unbranched alkanes of at least 4 members (excludes halogenated alkanes) is 2. The largest absolute Gasteiger partial charge is 0.494 e. The zero-order valence-electron chi connectivity index (χ0n) is 17.9. The minimum absolute atomic E-state index is 0.123. The van der Waals surface area contributed by atoms with Gasteiger partial charge in [0, 0.05) is 23.2 Å². The van der Waals surface area contributed by atoms with Gasteiger partial charge in [-0.15, -0.1) is 0 Å². The summed E-state index contributed by atoms with van der Waals surface area (Å²) in [4.78, 5) is 34.9. The van der Waals surface area contributed by atoms with Crippen molar-refractivity contribution in [3.8, 4) is 5.75 Å². The van der Waals surface area contributed by atoms with Crippen LogP contribution >= 0.6 is 0 Å². The molecule has 1 unspecified atom stereocenters. The molecule has 0 radical (unpaired) electrons. The minimum atomic E-state index is -2.26. The highest BCUT2D eigenvalue weighted by Crippen LogP contribution is 2.31. The maximum atomic E-state index is 12.7. The molecular formula is C26H25NO6. The summed E-state index contributed by atoms with van der Waals surface area (Å²) in [7, 11) is 0. The molecule has 7 heteroatoms. The van der Waals surface area contributed by atoms with Crippen LogP contribution in [0.15, 0.2) is 78.9 Å². The Bertz CT molecular complexity index is 1100. The maximum absolute atomic E-state index is 12.7. The Morgan fingerprint density at radius 1 is 0.909 bits per heavy atom. The number of aliphatic carboxylic acids is 1. The number of hydrogen-bond acceptors (Lipinski definition) is 5. The van der Waals surface area contributed by atoms with Crippen LogP contribution in [0.5, 0.6) is 5.75 Å². The van der Waals surface area contributed by atoms with Crippen LogP contribution in [0.25, 0.3) is 0 Å². The molecule has 170 valence electrons. The number of ether oxygens (including phenoxy) is 1. The van der Waals surface area contributed by atoms with Crippen molar-refractivity contribution in [2.24, 2.45) is 0 Å². The Balaban J connectivity index is 1.70. The third-order valence-electron chi connectivity index (χ3n) is 5.14. The van der Waals surface area contributed by atoms with Gasteiger partial charge in [0.25, 0.3) is 5.91 Å². The number of anilines is 1. The Morgan fingerprint density at radius 3 is 2.27 bits per heavy atom. The van der Waals surface area contributed by atoms with Gasteiger partial charge in [-0.3, -0.25) is 4.79 Å². The standard InChI is InChI=1S/C26H25NO6/c28-16-5-2-6-17-33-23-14-12-19(13-15-23)24(29)27-22-11-7-10-21(18-22)26(32,25(30)31)20-8-3-1-4-9-20/h1,3-4,7-16,18,32H,2,5-6,17H2,(H,27,29)(H,30,31). The number of rotatable bonds is 11. The topological polar surface area (TPSA) is 113 Å². The summed E-state index contributed by atoms with van der Waals surface area (Å²) in [6, 6.07) is 20.8. The van der Waals surface area contributed by atoms with Gasteiger partial charge >= 0.3 is 5.97 Å². The molecule has 33 heavy (non-hydrogen) atoms. The number of carbonyl (C=O) groups is 3. The molecule has 3 aromatic carbocycles. The smallest absolute Gasteiger partial charge is 0.345 e. The summed E-state index contributed by atoms with van der Waals surface area (Å²) in [6.45, 7) is 0.486. The summed E-state index contributed by atoms with van der Waals surface area (Å²) in [5.41, 5.74) is -1.18. The van der Waals surface area contributed by atoms with Crippen LogP contribution in [0.1, 0.15) is 40.7 Å². The highest BCUT2D eigenvalue weighted by Gasteiger charge is 2.40. The molecule has 0 heterocycles. The van der Waals surface area contributed by atoms with E-state index in [-0.39, 0.29) is 17.0 Å². The number of carboxylic acid groups (broad SMARTS) is 1. The van der Waals surface area contributed by atoms with Gasteiger partial charge in [-0.1, -0.05) is 42.5 Å². The van der Waals surface area contributed by atoms with Crippen LogP contribution in [0.2, 0.25) is 0 Å². The van der Waals surface area contributed by atoms with E-state index in [9.17, 15) is 24.6 Å². The number of nitrogens with one attached hydrogen (secondary N) is 1. The number of amides is 1. The average molecular weight is 447 g/mol. The van der Waals surface area contributed by atoms with Gasteiger partial charge in [0.2, 0.25) is 5.60 Å². The first-order valence-corrected chi connectivity index (χ1v) is 10.5. The third-order valence-corrected chi connectivity index (χ3v) is 5.14. The first kappa shape index (κ1) is 23.7. The van der Waals surface area contributed by atoms with E-state index in [0.29, 0.717) is 30.0 Å². The van der Waals surface area contributed by atoms with Gasteiger partial charge in [-0.2, -0.15) is 0 Å². The number of carboxylic acids is 1. The van der Waals surface area contributed by atoms with Gasteiger partial charge < -0.3 is 25.1 Å². The zero-order chi connectivity index (χ0) is 23.7. The number of aldehydes is 1. The van der Waals surface area contributed by atoms with E-state index in [1.165, 1.54) is 24.3 Å². The molecule has 0 aliphatic carbocycles. The summed E-state index contributed by atoms with van der Waals surface area (Å²) in [5.74, 6) is -1.18. The minimum Gasteiger partial charge on any atom is -0.494 e. The fraction of sp³-hybridized carbons (Fsp3) is 0.192. The highest BCUT2D eigenvalue weighted by atomic mass is 16.5. The van der Waals surface area contributed by atoms with Crippen molar-refractivity contribution in [1.29, 1.82) is 0 Å². The predicted molar refractivity (Wildman–Crippen MR) is 123 cm³/mol. The lowest BCUT2D eigenvalue weighted by molar-refractivity contribution is -0.155. The van der Waals surface area contributed by atoms with Gasteiger partial charge in [0.1, 0.15) is 12.0 Å². The van der Waals surface area contributed by atoms with Crippen molar-refractivity contribution in [2.45, 2.75) is 24.9 Å². The fourth-order valence-electron chi connectivity index (χ4n) is 3.34. The first-order chi connectivity index (χ1) is 15.9. The molecule has 3 rings (SSSR count). The van der Waals surface area contributed by atoms with E-state index >= 15 is 0 Å². The number of benzene rings is 3. The van der Waals surface area contributed by atoms with Gasteiger partial charge in [0.05, 0.1) is 6.61 Å². The van der Waals surface area contributed by atoms with Gasteiger partial charge in [-0.05, 0) is 54.8 Å². The maximum Gasteiger partial charge on any atom is 0.345 e. The lowest BCUT2D eigenvalue weighted by atomic mass is 9.86. The Labute approximate surface area is 191 Å². The molecule has 0 saturated heterocycles. The third kappa shape index (κ3) is 5.84. The fourth-order valence-corrected chi connectivity index (χ4v) is 3.34. The molecule has 0 saturated carbocycles. The zero-order valence-corrected chi connectivity index (χ0v) is 17.9. The summed E-state index contributed by atoms with van der Waals surface area (Å²) in [5, 5.41) is 23.5. The number of carbonyl (C=O) groups excluding carboxylic acids is 2. The molecule has 0 spiro atoms. The van der Waals surface area contributed by atoms with E-state index in [2.05, 4.69) is 5.32 Å². The number of aliphatic hydroxyl groups is 1. The van der Waals surface area contributed by atoms with E-state index in [0.717, 1.165) is 19.1 Å². The van der Waals surface area contributed by atoms with Gasteiger partial charge in [0.15, 0.2) is 0 Å². The molecule has 0 fully saturated rings. The van der Waals surface area contributed by atoms with E-state index < -0.39 is 11.6 Å². The van der Waals surface area contributed by atoms with E-state index in [4.69, 9.17) is 4.74 Å². The van der Waals surface area contributed by atoms with Crippen molar-refractivity contribution in [1.82, 2.24) is 0 Å². The number of hydrogen-bond donors (Lipinski definition) is 3. The van der Waals surface area contributed by atoms with Crippen LogP contribution in [0.4, 0.5) is 5.69 Å². The van der Waals surface area contributed by atoms with Crippen LogP contribution in [0, 0.1) is 0 Å². The van der Waals surface area contributed by atoms with Crippen LogP contribution in [-0.4, -0.2) is 35.0 Å². The molecule has 1 amide bonds. The second kappa shape index (κ2) is 11.1. The van der Waals surface area contributed by atoms with Crippen molar-refractivity contribution < 1.29 is 29.3 Å². The lowest BCUT2D eigenvalue weighted by Gasteiger charge is -2.25. The first-order valence-electron chi connectivity index (χ1n) is 10.5. The second-order valence-electron chi connectivity index (χ2n) is 7.45. The summed E-state index contributed by atoms with van der Waals surface area (Å²) >= 11 is 0. The van der Waals surface area contributed by atoms with E-state index in [1.54, 1.807) is 54.6 Å². The molecule has 1 atom stereocenters. The second-order valence-corrected chi connectivity index (χ2v) is 7.45. The molecule has 0 aliphatic rings. The molecule has 3 N–H and O–H groups in total. The quantitative estimate of drug-likeness (QED) is 0.302. The van der Waals surface area contributed by atoms with E-state index in [1.807, 2.05) is 0 Å². The Kier molecular flexibility index (Phi) is 7.94. The highest BCUT2D eigenvalue weighted by molar-refractivity contribution is 6.04. The van der Waals surface area contributed by atoms with Crippen molar-refractivity contribution in [2.75, 3.05) is 11.9 Å². The van der Waals surface area contributed by atoms with Crippen molar-refractivity contribution in [3.63, 3.8) is 0 Å². The van der Waals surface area contributed by atoms with Crippen LogP contribution in [-0.2, 0) is 15.2 Å². The SMILES string of the molecule is O=CCCCCOc1ccc(C(=O)Nc2cccc(C(O)(C(=O)O)c3ccccc3)c2)cc1. The van der Waals surface area contributed by atoms with Gasteiger partial charge in [-0.25, -0.2) is 4.79 Å². The predicted octanol–water partition coefficient (Wildman–Crippen LogP) is 4.01. The van der Waals surface area contributed by atoms with Crippen molar-refractivity contribution >= 4 is 23.9 Å². The molecular weight excluding hydrogens is 422 g/mol. The summed E-state index contributed by atoms with van der Waals surface area (Å²) < 4.78 is 5.59. The molecule has 0 aliphatic heterocycles. The normalized spacial score (nSPS) is 12.4. The molecule has 0 aromatic heterocycles. The Morgan fingerprint density at radius 2 is 1.61 bits per heavy atom.